The van der Waals surface area contributed by atoms with E-state index in [2.05, 4.69) is 4.98 Å². The van der Waals surface area contributed by atoms with Gasteiger partial charge in [-0.1, -0.05) is 6.07 Å². The van der Waals surface area contributed by atoms with Gasteiger partial charge in [-0.2, -0.15) is 0 Å². The van der Waals surface area contributed by atoms with Gasteiger partial charge in [-0.05, 0) is 37.0 Å². The molecule has 1 aromatic heterocycles. The lowest BCUT2D eigenvalue weighted by molar-refractivity contribution is -0.138. The topological polar surface area (TPSA) is 89.4 Å². The van der Waals surface area contributed by atoms with Gasteiger partial charge in [-0.25, -0.2) is 4.98 Å². The van der Waals surface area contributed by atoms with Gasteiger partial charge in [0.15, 0.2) is 11.5 Å². The van der Waals surface area contributed by atoms with Gasteiger partial charge < -0.3 is 15.3 Å². The summed E-state index contributed by atoms with van der Waals surface area (Å²) >= 11 is 0. The van der Waals surface area contributed by atoms with Crippen LogP contribution in [-0.2, 0) is 11.2 Å². The Balaban J connectivity index is 1.87. The molecule has 0 amide bonds. The predicted octanol–water partition coefficient (Wildman–Crippen LogP) is 1.66. The zero-order chi connectivity index (χ0) is 12.7. The molecule has 1 heterocycles. The number of rotatable bonds is 4. The van der Waals surface area contributed by atoms with Crippen LogP contribution in [0.25, 0.3) is 11.1 Å². The van der Waals surface area contributed by atoms with Crippen molar-refractivity contribution in [2.24, 2.45) is 5.73 Å². The van der Waals surface area contributed by atoms with Gasteiger partial charge in [0.2, 0.25) is 0 Å². The monoisotopic (exact) mass is 246 g/mol. The zero-order valence-electron chi connectivity index (χ0n) is 9.80. The highest BCUT2D eigenvalue weighted by Crippen LogP contribution is 2.40. The van der Waals surface area contributed by atoms with Crippen molar-refractivity contribution in [1.82, 2.24) is 4.98 Å². The summed E-state index contributed by atoms with van der Waals surface area (Å²) in [7, 11) is 0. The van der Waals surface area contributed by atoms with E-state index in [-0.39, 0.29) is 0 Å². The third-order valence-electron chi connectivity index (χ3n) is 3.17. The summed E-state index contributed by atoms with van der Waals surface area (Å²) in [5, 5.41) is 8.78. The Hall–Kier alpha value is -1.88. The number of oxazole rings is 1. The number of aromatic nitrogens is 1. The van der Waals surface area contributed by atoms with Crippen molar-refractivity contribution in [2.45, 2.75) is 31.2 Å². The highest BCUT2D eigenvalue weighted by Gasteiger charge is 2.28. The first-order chi connectivity index (χ1) is 8.63. The Labute approximate surface area is 104 Å². The molecule has 1 saturated carbocycles. The SMILES string of the molecule is NC(Cc1ccc2oc(C3CC3)nc2c1)C(=O)O. The van der Waals surface area contributed by atoms with Crippen LogP contribution < -0.4 is 5.73 Å². The highest BCUT2D eigenvalue weighted by molar-refractivity contribution is 5.76. The molecule has 1 aromatic carbocycles. The smallest absolute Gasteiger partial charge is 0.320 e. The average molecular weight is 246 g/mol. The number of hydrogen-bond acceptors (Lipinski definition) is 4. The van der Waals surface area contributed by atoms with Crippen LogP contribution in [0.4, 0.5) is 0 Å². The van der Waals surface area contributed by atoms with E-state index in [1.807, 2.05) is 18.2 Å². The summed E-state index contributed by atoms with van der Waals surface area (Å²) in [4.78, 5) is 15.1. The fourth-order valence-electron chi connectivity index (χ4n) is 1.96. The third-order valence-corrected chi connectivity index (χ3v) is 3.17. The molecule has 18 heavy (non-hydrogen) atoms. The number of fused-ring (bicyclic) bond motifs is 1. The minimum Gasteiger partial charge on any atom is -0.480 e. The summed E-state index contributed by atoms with van der Waals surface area (Å²) in [6.07, 6.45) is 2.59. The van der Waals surface area contributed by atoms with Gasteiger partial charge in [0.25, 0.3) is 0 Å². The second-order valence-electron chi connectivity index (χ2n) is 4.78. The van der Waals surface area contributed by atoms with Gasteiger partial charge in [0.05, 0.1) is 0 Å². The molecule has 1 fully saturated rings. The lowest BCUT2D eigenvalue weighted by Crippen LogP contribution is -2.32. The van der Waals surface area contributed by atoms with E-state index in [1.165, 1.54) is 0 Å². The maximum atomic E-state index is 10.7. The number of carboxylic acids is 1. The van der Waals surface area contributed by atoms with E-state index < -0.39 is 12.0 Å². The first-order valence-electron chi connectivity index (χ1n) is 6.01. The molecular formula is C13H14N2O3. The molecule has 1 aliphatic rings. The van der Waals surface area contributed by atoms with Crippen LogP contribution >= 0.6 is 0 Å². The molecule has 5 heteroatoms. The van der Waals surface area contributed by atoms with E-state index in [1.54, 1.807) is 0 Å². The van der Waals surface area contributed by atoms with Crippen LogP contribution in [0.5, 0.6) is 0 Å². The van der Waals surface area contributed by atoms with Gasteiger partial charge in [-0.15, -0.1) is 0 Å². The second kappa shape index (κ2) is 4.10. The van der Waals surface area contributed by atoms with Gasteiger partial charge in [-0.3, -0.25) is 4.79 Å². The maximum absolute atomic E-state index is 10.7. The van der Waals surface area contributed by atoms with E-state index in [9.17, 15) is 4.79 Å². The number of carbonyl (C=O) groups is 1. The van der Waals surface area contributed by atoms with Crippen molar-refractivity contribution in [2.75, 3.05) is 0 Å². The molecular weight excluding hydrogens is 232 g/mol. The Kier molecular flexibility index (Phi) is 2.56. The second-order valence-corrected chi connectivity index (χ2v) is 4.78. The normalized spacial score (nSPS) is 16.9. The van der Waals surface area contributed by atoms with E-state index in [0.29, 0.717) is 12.3 Å². The highest BCUT2D eigenvalue weighted by atomic mass is 16.4. The molecule has 0 radical (unpaired) electrons. The van der Waals surface area contributed by atoms with Crippen LogP contribution in [0.3, 0.4) is 0 Å². The van der Waals surface area contributed by atoms with Crippen molar-refractivity contribution in [3.8, 4) is 0 Å². The molecule has 3 N–H and O–H groups in total. The molecule has 3 rings (SSSR count). The van der Waals surface area contributed by atoms with E-state index in [4.69, 9.17) is 15.3 Å². The number of hydrogen-bond donors (Lipinski definition) is 2. The predicted molar refractivity (Wildman–Crippen MR) is 65.3 cm³/mol. The first-order valence-corrected chi connectivity index (χ1v) is 6.01. The van der Waals surface area contributed by atoms with Gasteiger partial charge in [0.1, 0.15) is 11.6 Å². The van der Waals surface area contributed by atoms with Crippen molar-refractivity contribution in [3.05, 3.63) is 29.7 Å². The van der Waals surface area contributed by atoms with Crippen LogP contribution in [-0.4, -0.2) is 22.1 Å². The summed E-state index contributed by atoms with van der Waals surface area (Å²) < 4.78 is 5.64. The molecule has 0 bridgehead atoms. The number of benzene rings is 1. The van der Waals surface area contributed by atoms with Gasteiger partial charge >= 0.3 is 5.97 Å². The Morgan fingerprint density at radius 1 is 1.56 bits per heavy atom. The maximum Gasteiger partial charge on any atom is 0.320 e. The number of aliphatic carboxylic acids is 1. The molecule has 1 aliphatic carbocycles. The molecule has 0 saturated heterocycles. The van der Waals surface area contributed by atoms with E-state index >= 15 is 0 Å². The molecule has 5 nitrogen and oxygen atoms in total. The molecule has 94 valence electrons. The van der Waals surface area contributed by atoms with Crippen LogP contribution in [0.15, 0.2) is 22.6 Å². The summed E-state index contributed by atoms with van der Waals surface area (Å²) in [6, 6.07) is 4.65. The molecule has 2 aromatic rings. The summed E-state index contributed by atoms with van der Waals surface area (Å²) in [5.74, 6) is 0.278. The van der Waals surface area contributed by atoms with Gasteiger partial charge in [0, 0.05) is 5.92 Å². The van der Waals surface area contributed by atoms with Crippen molar-refractivity contribution >= 4 is 17.1 Å². The molecule has 0 spiro atoms. The molecule has 1 atom stereocenters. The largest absolute Gasteiger partial charge is 0.480 e. The van der Waals surface area contributed by atoms with Crippen LogP contribution in [0.1, 0.15) is 30.2 Å². The standard InChI is InChI=1S/C13H14N2O3/c14-9(13(16)17)5-7-1-4-11-10(6-7)15-12(18-11)8-2-3-8/h1,4,6,8-9H,2-3,5,14H2,(H,16,17). The zero-order valence-corrected chi connectivity index (χ0v) is 9.80. The fraction of sp³-hybridized carbons (Fsp3) is 0.385. The van der Waals surface area contributed by atoms with E-state index in [0.717, 1.165) is 35.4 Å². The van der Waals surface area contributed by atoms with Crippen LogP contribution in [0, 0.1) is 0 Å². The molecule has 0 aliphatic heterocycles. The van der Waals surface area contributed by atoms with Crippen molar-refractivity contribution < 1.29 is 14.3 Å². The van der Waals surface area contributed by atoms with Crippen molar-refractivity contribution in [3.63, 3.8) is 0 Å². The Morgan fingerprint density at radius 3 is 3.00 bits per heavy atom. The average Bonchev–Trinajstić information content (AvgIpc) is 3.09. The number of nitrogens with two attached hydrogens (primary N) is 1. The van der Waals surface area contributed by atoms with Crippen molar-refractivity contribution in [1.29, 1.82) is 0 Å². The Morgan fingerprint density at radius 2 is 2.33 bits per heavy atom. The fourth-order valence-corrected chi connectivity index (χ4v) is 1.96. The lowest BCUT2D eigenvalue weighted by Gasteiger charge is -2.05. The summed E-state index contributed by atoms with van der Waals surface area (Å²) in [6.45, 7) is 0. The van der Waals surface area contributed by atoms with Crippen LogP contribution in [0.2, 0.25) is 0 Å². The molecule has 1 unspecified atom stereocenters. The Bertz CT molecular complexity index is 601. The number of carboxylic acid groups (broad SMARTS) is 1. The summed E-state index contributed by atoms with van der Waals surface area (Å²) in [5.41, 5.74) is 7.92. The lowest BCUT2D eigenvalue weighted by atomic mass is 10.1. The minimum atomic E-state index is -0.992. The number of nitrogens with zero attached hydrogens (tertiary/aromatic N) is 1. The third kappa shape index (κ3) is 2.09. The first kappa shape index (κ1) is 11.2. The minimum absolute atomic E-state index is 0.302. The quantitative estimate of drug-likeness (QED) is 0.856.